The normalized spacial score (nSPS) is 33.8. The Hall–Kier alpha value is -1.84. The van der Waals surface area contributed by atoms with Crippen molar-refractivity contribution in [2.45, 2.75) is 44.9 Å². The summed E-state index contributed by atoms with van der Waals surface area (Å²) in [7, 11) is 1.41. The molecule has 1 N–H and O–H groups in total. The molecule has 1 saturated carbocycles. The zero-order chi connectivity index (χ0) is 16.1. The van der Waals surface area contributed by atoms with E-state index in [4.69, 9.17) is 4.74 Å². The van der Waals surface area contributed by atoms with Gasteiger partial charge in [-0.1, -0.05) is 19.4 Å². The maximum Gasteiger partial charge on any atom is 0.311 e. The maximum atomic E-state index is 12.6. The Balaban J connectivity index is 2.16. The van der Waals surface area contributed by atoms with Gasteiger partial charge >= 0.3 is 5.97 Å². The number of ketones is 1. The number of benzene rings is 1. The molecule has 0 spiro atoms. The number of methoxy groups -OCH3 is 1. The number of ether oxygens (including phenoxy) is 1. The van der Waals surface area contributed by atoms with Gasteiger partial charge in [-0.3, -0.25) is 9.59 Å². The van der Waals surface area contributed by atoms with Crippen molar-refractivity contribution < 1.29 is 19.4 Å². The zero-order valence-electron chi connectivity index (χ0n) is 13.3. The van der Waals surface area contributed by atoms with Crippen molar-refractivity contribution in [2.75, 3.05) is 7.11 Å². The number of rotatable bonds is 1. The van der Waals surface area contributed by atoms with Crippen LogP contribution >= 0.6 is 0 Å². The lowest BCUT2D eigenvalue weighted by molar-refractivity contribution is -0.160. The Kier molecular flexibility index (Phi) is 3.31. The van der Waals surface area contributed by atoms with Gasteiger partial charge in [0.25, 0.3) is 0 Å². The van der Waals surface area contributed by atoms with E-state index < -0.39 is 5.41 Å². The molecule has 1 aromatic carbocycles. The van der Waals surface area contributed by atoms with Crippen LogP contribution < -0.4 is 0 Å². The molecule has 1 fully saturated rings. The molecule has 0 aliphatic heterocycles. The van der Waals surface area contributed by atoms with Crippen molar-refractivity contribution in [3.8, 4) is 5.75 Å². The highest BCUT2D eigenvalue weighted by Crippen LogP contribution is 2.57. The second-order valence-corrected chi connectivity index (χ2v) is 7.09. The summed E-state index contributed by atoms with van der Waals surface area (Å²) in [6.07, 6.45) is 2.95. The zero-order valence-corrected chi connectivity index (χ0v) is 13.3. The predicted octanol–water partition coefficient (Wildman–Crippen LogP) is 3.22. The fourth-order valence-corrected chi connectivity index (χ4v) is 4.68. The van der Waals surface area contributed by atoms with Crippen molar-refractivity contribution in [1.29, 1.82) is 0 Å². The van der Waals surface area contributed by atoms with E-state index in [9.17, 15) is 14.7 Å². The highest BCUT2D eigenvalue weighted by Gasteiger charge is 2.57. The van der Waals surface area contributed by atoms with E-state index in [-0.39, 0.29) is 28.8 Å². The molecule has 22 heavy (non-hydrogen) atoms. The molecule has 0 bridgehead atoms. The monoisotopic (exact) mass is 302 g/mol. The number of aromatic hydroxyl groups is 1. The smallest absolute Gasteiger partial charge is 0.311 e. The molecule has 0 unspecified atom stereocenters. The maximum absolute atomic E-state index is 12.6. The minimum Gasteiger partial charge on any atom is -0.508 e. The number of Topliss-reactive ketones (excluding diaryl/α,β-unsaturated/α-hetero) is 1. The predicted molar refractivity (Wildman–Crippen MR) is 81.9 cm³/mol. The summed E-state index contributed by atoms with van der Waals surface area (Å²) in [5, 5.41) is 9.69. The molecule has 1 aromatic rings. The van der Waals surface area contributed by atoms with Gasteiger partial charge in [-0.05, 0) is 48.8 Å². The van der Waals surface area contributed by atoms with Crippen LogP contribution in [0, 0.1) is 11.3 Å². The topological polar surface area (TPSA) is 63.6 Å². The Labute approximate surface area is 130 Å². The standard InChI is InChI=1S/C18H22O4/c1-17-7-4-8-18(2,16(21)22-3)15(17)10-14(20)12-9-11(19)5-6-13(12)17/h5-6,9,15,19H,4,7-8,10H2,1-3H3/t15-,17-,18-/m1/s1. The minimum atomic E-state index is -0.632. The van der Waals surface area contributed by atoms with Gasteiger partial charge in [0, 0.05) is 12.0 Å². The minimum absolute atomic E-state index is 0.00500. The second kappa shape index (κ2) is 4.83. The summed E-state index contributed by atoms with van der Waals surface area (Å²) in [5.41, 5.74) is 0.694. The van der Waals surface area contributed by atoms with E-state index in [0.29, 0.717) is 12.0 Å². The van der Waals surface area contributed by atoms with Gasteiger partial charge in [-0.2, -0.15) is 0 Å². The van der Waals surface area contributed by atoms with Gasteiger partial charge in [0.2, 0.25) is 0 Å². The van der Waals surface area contributed by atoms with Gasteiger partial charge in [0.05, 0.1) is 12.5 Å². The van der Waals surface area contributed by atoms with Crippen LogP contribution in [-0.2, 0) is 14.9 Å². The molecule has 118 valence electrons. The van der Waals surface area contributed by atoms with Gasteiger partial charge in [0.15, 0.2) is 5.78 Å². The molecule has 4 nitrogen and oxygen atoms in total. The van der Waals surface area contributed by atoms with Crippen LogP contribution in [0.4, 0.5) is 0 Å². The molecule has 0 aromatic heterocycles. The molecular formula is C18H22O4. The van der Waals surface area contributed by atoms with Crippen LogP contribution in [0.2, 0.25) is 0 Å². The third kappa shape index (κ3) is 1.89. The van der Waals surface area contributed by atoms with E-state index in [1.54, 1.807) is 12.1 Å². The summed E-state index contributed by atoms with van der Waals surface area (Å²) >= 11 is 0. The fourth-order valence-electron chi connectivity index (χ4n) is 4.68. The lowest BCUT2D eigenvalue weighted by Crippen LogP contribution is -2.53. The number of carbonyl (C=O) groups is 2. The second-order valence-electron chi connectivity index (χ2n) is 7.09. The highest BCUT2D eigenvalue weighted by molar-refractivity contribution is 6.00. The number of phenolic OH excluding ortho intramolecular Hbond substituents is 1. The first kappa shape index (κ1) is 15.1. The first-order valence-corrected chi connectivity index (χ1v) is 7.78. The quantitative estimate of drug-likeness (QED) is 0.809. The van der Waals surface area contributed by atoms with Crippen molar-refractivity contribution in [3.05, 3.63) is 29.3 Å². The van der Waals surface area contributed by atoms with E-state index in [1.165, 1.54) is 7.11 Å². The van der Waals surface area contributed by atoms with Crippen molar-refractivity contribution in [3.63, 3.8) is 0 Å². The van der Waals surface area contributed by atoms with E-state index in [0.717, 1.165) is 24.8 Å². The first-order valence-electron chi connectivity index (χ1n) is 7.78. The Morgan fingerprint density at radius 3 is 2.73 bits per heavy atom. The van der Waals surface area contributed by atoms with Gasteiger partial charge in [0.1, 0.15) is 5.75 Å². The number of esters is 1. The molecule has 2 aliphatic carbocycles. The largest absolute Gasteiger partial charge is 0.508 e. The van der Waals surface area contributed by atoms with Gasteiger partial charge < -0.3 is 9.84 Å². The van der Waals surface area contributed by atoms with Crippen LogP contribution in [-0.4, -0.2) is 24.0 Å². The summed E-state index contributed by atoms with van der Waals surface area (Å²) < 4.78 is 5.04. The summed E-state index contributed by atoms with van der Waals surface area (Å²) in [5.74, 6) is -0.171. The van der Waals surface area contributed by atoms with Crippen molar-refractivity contribution >= 4 is 11.8 Å². The van der Waals surface area contributed by atoms with Crippen molar-refractivity contribution in [1.82, 2.24) is 0 Å². The number of hydrogen-bond acceptors (Lipinski definition) is 4. The Morgan fingerprint density at radius 1 is 1.32 bits per heavy atom. The molecule has 0 heterocycles. The van der Waals surface area contributed by atoms with Crippen LogP contribution in [0.1, 0.15) is 55.5 Å². The number of hydrogen-bond donors (Lipinski definition) is 1. The number of phenols is 1. The van der Waals surface area contributed by atoms with Gasteiger partial charge in [-0.15, -0.1) is 0 Å². The number of carbonyl (C=O) groups excluding carboxylic acids is 2. The van der Waals surface area contributed by atoms with Crippen LogP contribution in [0.3, 0.4) is 0 Å². The lowest BCUT2D eigenvalue weighted by Gasteiger charge is -2.53. The molecular weight excluding hydrogens is 280 g/mol. The van der Waals surface area contributed by atoms with E-state index in [1.807, 2.05) is 13.0 Å². The van der Waals surface area contributed by atoms with Crippen LogP contribution in [0.25, 0.3) is 0 Å². The average Bonchev–Trinajstić information content (AvgIpc) is 2.49. The third-order valence-electron chi connectivity index (χ3n) is 5.89. The van der Waals surface area contributed by atoms with Crippen molar-refractivity contribution in [2.24, 2.45) is 11.3 Å². The first-order chi connectivity index (χ1) is 10.3. The summed E-state index contributed by atoms with van der Waals surface area (Å²) in [6.45, 7) is 4.07. The third-order valence-corrected chi connectivity index (χ3v) is 5.89. The molecule has 0 radical (unpaired) electrons. The van der Waals surface area contributed by atoms with Crippen LogP contribution in [0.15, 0.2) is 18.2 Å². The molecule has 2 aliphatic rings. The van der Waals surface area contributed by atoms with Crippen LogP contribution in [0.5, 0.6) is 5.75 Å². The van der Waals surface area contributed by atoms with Gasteiger partial charge in [-0.25, -0.2) is 0 Å². The summed E-state index contributed by atoms with van der Waals surface area (Å²) in [6, 6.07) is 5.03. The molecule has 3 rings (SSSR count). The van der Waals surface area contributed by atoms with E-state index in [2.05, 4.69) is 6.92 Å². The number of fused-ring (bicyclic) bond motifs is 3. The average molecular weight is 302 g/mol. The Morgan fingerprint density at radius 2 is 2.05 bits per heavy atom. The Bertz CT molecular complexity index is 650. The molecule has 4 heteroatoms. The SMILES string of the molecule is COC(=O)[C@]1(C)CCC[C@]2(C)c3ccc(O)cc3C(=O)C[C@@H]12. The molecule has 3 atom stereocenters. The lowest BCUT2D eigenvalue weighted by atomic mass is 9.49. The fraction of sp³-hybridized carbons (Fsp3) is 0.556. The van der Waals surface area contributed by atoms with E-state index >= 15 is 0 Å². The highest BCUT2D eigenvalue weighted by atomic mass is 16.5. The summed E-state index contributed by atoms with van der Waals surface area (Å²) in [4.78, 5) is 25.0. The molecule has 0 saturated heterocycles. The molecule has 0 amide bonds.